The van der Waals surface area contributed by atoms with Crippen LogP contribution in [0.15, 0.2) is 33.3 Å². The lowest BCUT2D eigenvalue weighted by molar-refractivity contribution is -0.424. The predicted octanol–water partition coefficient (Wildman–Crippen LogP) is -0.711. The van der Waals surface area contributed by atoms with Crippen LogP contribution >= 0.6 is 0 Å². The fraction of sp³-hybridized carbons (Fsp3) is 0.286. The molecule has 0 fully saturated rings. The molecular weight excluding hydrogens is 222 g/mol. The molecule has 0 bridgehead atoms. The van der Waals surface area contributed by atoms with E-state index in [4.69, 9.17) is 0 Å². The molecule has 86 valence electrons. The van der Waals surface area contributed by atoms with Crippen LogP contribution in [0.3, 0.4) is 0 Å². The molecule has 16 heavy (non-hydrogen) atoms. The summed E-state index contributed by atoms with van der Waals surface area (Å²) in [4.78, 5) is 20.8. The number of ether oxygens (including phenoxy) is 2. The summed E-state index contributed by atoms with van der Waals surface area (Å²) in [5.41, 5.74) is -2.08. The van der Waals surface area contributed by atoms with Gasteiger partial charge in [0, 0.05) is 0 Å². The second-order valence-corrected chi connectivity index (χ2v) is 2.49. The fourth-order valence-electron chi connectivity index (χ4n) is 0.948. The van der Waals surface area contributed by atoms with E-state index >= 15 is 0 Å². The Morgan fingerprint density at radius 3 is 2.38 bits per heavy atom. The highest BCUT2D eigenvalue weighted by Crippen LogP contribution is 2.27. The Balaban J connectivity index is 3.33. The Kier molecular flexibility index (Phi) is 3.18. The number of carbonyl (C=O) groups excluding carboxylic acids is 1. The van der Waals surface area contributed by atoms with Gasteiger partial charge in [0.2, 0.25) is 0 Å². The van der Waals surface area contributed by atoms with Crippen LogP contribution in [0, 0.1) is 10.1 Å². The third-order valence-corrected chi connectivity index (χ3v) is 1.64. The predicted molar refractivity (Wildman–Crippen MR) is 44.9 cm³/mol. The average molecular weight is 228 g/mol. The molecule has 0 aliphatic carbocycles. The highest BCUT2D eigenvalue weighted by atomic mass is 16.6. The van der Waals surface area contributed by atoms with Crippen LogP contribution in [0.4, 0.5) is 0 Å². The van der Waals surface area contributed by atoms with E-state index in [2.05, 4.69) is 19.7 Å². The van der Waals surface area contributed by atoms with Gasteiger partial charge in [-0.1, -0.05) is 0 Å². The lowest BCUT2D eigenvalue weighted by Gasteiger charge is -2.08. The zero-order valence-corrected chi connectivity index (χ0v) is 8.29. The van der Waals surface area contributed by atoms with Gasteiger partial charge in [0.15, 0.2) is 5.70 Å². The van der Waals surface area contributed by atoms with Crippen LogP contribution < -0.4 is 5.11 Å². The average Bonchev–Trinajstić information content (AvgIpc) is 2.71. The van der Waals surface area contributed by atoms with Crippen molar-refractivity contribution in [2.75, 3.05) is 14.2 Å². The third-order valence-electron chi connectivity index (χ3n) is 1.64. The number of nitro groups is 1. The van der Waals surface area contributed by atoms with E-state index in [-0.39, 0.29) is 0 Å². The minimum Gasteiger partial charge on any atom is -0.615 e. The number of esters is 1. The first-order valence-electron chi connectivity index (χ1n) is 3.87. The third kappa shape index (κ3) is 1.82. The minimum atomic E-state index is -1.05. The molecule has 0 aromatic carbocycles. The molecule has 0 saturated carbocycles. The minimum absolute atomic E-state index is 0.632. The van der Waals surface area contributed by atoms with Crippen molar-refractivity contribution >= 4 is 5.97 Å². The van der Waals surface area contributed by atoms with E-state index < -0.39 is 33.9 Å². The fourth-order valence-corrected chi connectivity index (χ4v) is 0.948. The molecule has 0 amide bonds. The van der Waals surface area contributed by atoms with E-state index in [1.807, 2.05) is 0 Å². The molecule has 0 atom stereocenters. The van der Waals surface area contributed by atoms with Crippen molar-refractivity contribution < 1.29 is 24.3 Å². The molecule has 1 rings (SSSR count). The summed E-state index contributed by atoms with van der Waals surface area (Å²) in [7, 11) is 2.05. The summed E-state index contributed by atoms with van der Waals surface area (Å²) in [6.45, 7) is 0. The SMILES string of the molecule is COC(=O)C1=C([N+](=O)[O-])C(=C([O-])OC)N=N1. The molecular formula is C7H6N3O6-. The largest absolute Gasteiger partial charge is 0.615 e. The first-order chi connectivity index (χ1) is 7.52. The van der Waals surface area contributed by atoms with Gasteiger partial charge in [0.1, 0.15) is 0 Å². The first-order valence-corrected chi connectivity index (χ1v) is 3.87. The maximum Gasteiger partial charge on any atom is 0.365 e. The summed E-state index contributed by atoms with van der Waals surface area (Å²) >= 11 is 0. The van der Waals surface area contributed by atoms with Crippen molar-refractivity contribution in [3.05, 3.63) is 33.2 Å². The van der Waals surface area contributed by atoms with Crippen molar-refractivity contribution in [2.24, 2.45) is 10.2 Å². The second kappa shape index (κ2) is 4.38. The number of rotatable bonds is 3. The Hall–Kier alpha value is -2.45. The Bertz CT molecular complexity index is 435. The number of hydrogen-bond donors (Lipinski definition) is 0. The zero-order chi connectivity index (χ0) is 12.3. The van der Waals surface area contributed by atoms with Gasteiger partial charge in [0.25, 0.3) is 5.70 Å². The van der Waals surface area contributed by atoms with Gasteiger partial charge < -0.3 is 14.6 Å². The quantitative estimate of drug-likeness (QED) is 0.271. The molecule has 1 aliphatic heterocycles. The molecule has 0 radical (unpaired) electrons. The van der Waals surface area contributed by atoms with E-state index in [0.717, 1.165) is 14.2 Å². The topological polar surface area (TPSA) is 126 Å². The van der Waals surface area contributed by atoms with Crippen LogP contribution in [0.2, 0.25) is 0 Å². The van der Waals surface area contributed by atoms with Crippen molar-refractivity contribution in [1.29, 1.82) is 0 Å². The van der Waals surface area contributed by atoms with Gasteiger partial charge in [0.05, 0.1) is 18.0 Å². The second-order valence-electron chi connectivity index (χ2n) is 2.49. The highest BCUT2D eigenvalue weighted by Gasteiger charge is 2.35. The van der Waals surface area contributed by atoms with Gasteiger partial charge in [-0.25, -0.2) is 4.79 Å². The first kappa shape index (κ1) is 11.6. The maximum absolute atomic E-state index is 11.1. The normalized spacial score (nSPS) is 17.4. The van der Waals surface area contributed by atoms with Crippen LogP contribution in [-0.4, -0.2) is 25.1 Å². The standard InChI is InChI=1S/C7H7N3O6/c1-15-6(11)3-5(10(13)14)4(9-8-3)7(12)16-2/h11H,1-2H3/p-1. The molecule has 0 aromatic rings. The van der Waals surface area contributed by atoms with Crippen LogP contribution in [-0.2, 0) is 14.3 Å². The van der Waals surface area contributed by atoms with Crippen LogP contribution in [0.5, 0.6) is 0 Å². The van der Waals surface area contributed by atoms with E-state index in [1.165, 1.54) is 0 Å². The van der Waals surface area contributed by atoms with Gasteiger partial charge in [-0.3, -0.25) is 10.1 Å². The number of carbonyl (C=O) groups is 1. The summed E-state index contributed by atoms with van der Waals surface area (Å²) in [5.74, 6) is -2.09. The van der Waals surface area contributed by atoms with Gasteiger partial charge in [-0.05, 0) is 7.11 Å². The van der Waals surface area contributed by atoms with Crippen LogP contribution in [0.1, 0.15) is 0 Å². The zero-order valence-electron chi connectivity index (χ0n) is 8.29. The van der Waals surface area contributed by atoms with Crippen molar-refractivity contribution in [3.8, 4) is 0 Å². The number of methoxy groups -OCH3 is 2. The number of nitrogens with zero attached hydrogens (tertiary/aromatic N) is 3. The molecule has 1 heterocycles. The maximum atomic E-state index is 11.1. The monoisotopic (exact) mass is 228 g/mol. The molecule has 0 spiro atoms. The van der Waals surface area contributed by atoms with Gasteiger partial charge in [-0.2, -0.15) is 0 Å². The summed E-state index contributed by atoms with van der Waals surface area (Å²) < 4.78 is 8.51. The number of azo groups is 1. The molecule has 9 nitrogen and oxygen atoms in total. The summed E-state index contributed by atoms with van der Waals surface area (Å²) in [5, 5.41) is 28.2. The van der Waals surface area contributed by atoms with Gasteiger partial charge in [-0.15, -0.1) is 10.2 Å². The number of hydrogen-bond acceptors (Lipinski definition) is 8. The van der Waals surface area contributed by atoms with E-state index in [1.54, 1.807) is 0 Å². The van der Waals surface area contributed by atoms with Crippen molar-refractivity contribution in [3.63, 3.8) is 0 Å². The molecule has 0 saturated heterocycles. The van der Waals surface area contributed by atoms with Gasteiger partial charge >= 0.3 is 11.7 Å². The Morgan fingerprint density at radius 2 is 1.94 bits per heavy atom. The molecule has 9 heteroatoms. The highest BCUT2D eigenvalue weighted by molar-refractivity contribution is 5.89. The van der Waals surface area contributed by atoms with Crippen molar-refractivity contribution in [2.45, 2.75) is 0 Å². The van der Waals surface area contributed by atoms with Crippen LogP contribution in [0.25, 0.3) is 0 Å². The molecule has 0 unspecified atom stereocenters. The molecule has 0 aromatic heterocycles. The van der Waals surface area contributed by atoms with Crippen molar-refractivity contribution in [1.82, 2.24) is 0 Å². The lowest BCUT2D eigenvalue weighted by atomic mass is 10.3. The smallest absolute Gasteiger partial charge is 0.365 e. The summed E-state index contributed by atoms with van der Waals surface area (Å²) in [6, 6.07) is 0. The Labute approximate surface area is 88.8 Å². The Morgan fingerprint density at radius 1 is 1.31 bits per heavy atom. The summed E-state index contributed by atoms with van der Waals surface area (Å²) in [6.07, 6.45) is 0. The van der Waals surface area contributed by atoms with E-state index in [9.17, 15) is 20.0 Å². The molecule has 1 aliphatic rings. The lowest BCUT2D eigenvalue weighted by Crippen LogP contribution is -2.14. The van der Waals surface area contributed by atoms with E-state index in [0.29, 0.717) is 0 Å². The molecule has 0 N–H and O–H groups in total.